The Morgan fingerprint density at radius 3 is 2.52 bits per heavy atom. The number of rotatable bonds is 3. The molecule has 4 rings (SSSR count). The molecule has 2 aliphatic rings. The fraction of sp³-hybridized carbons (Fsp3) is 0.591. The zero-order chi connectivity index (χ0) is 18.8. The van der Waals surface area contributed by atoms with E-state index >= 15 is 0 Å². The van der Waals surface area contributed by atoms with E-state index in [1.807, 2.05) is 24.8 Å². The van der Waals surface area contributed by atoms with E-state index in [2.05, 4.69) is 23.1 Å². The van der Waals surface area contributed by atoms with E-state index in [0.29, 0.717) is 12.0 Å². The Hall–Kier alpha value is -2.01. The molecule has 2 fully saturated rings. The van der Waals surface area contributed by atoms with E-state index in [0.717, 1.165) is 44.6 Å². The molecule has 146 valence electrons. The van der Waals surface area contributed by atoms with Gasteiger partial charge in [0.25, 0.3) is 0 Å². The lowest BCUT2D eigenvalue weighted by molar-refractivity contribution is 0.0500. The second-order valence-electron chi connectivity index (χ2n) is 8.15. The summed E-state index contributed by atoms with van der Waals surface area (Å²) in [6.07, 6.45) is 6.03. The molecule has 2 saturated heterocycles. The molecule has 0 N–H and O–H groups in total. The fourth-order valence-electron chi connectivity index (χ4n) is 4.60. The van der Waals surface area contributed by atoms with Gasteiger partial charge in [0, 0.05) is 24.5 Å². The number of fused-ring (bicyclic) bond motifs is 1. The highest BCUT2D eigenvalue weighted by Crippen LogP contribution is 2.34. The van der Waals surface area contributed by atoms with Crippen molar-refractivity contribution >= 4 is 17.1 Å². The van der Waals surface area contributed by atoms with Crippen molar-refractivity contribution in [2.45, 2.75) is 57.6 Å². The zero-order valence-corrected chi connectivity index (χ0v) is 16.4. The summed E-state index contributed by atoms with van der Waals surface area (Å²) < 4.78 is 11.1. The molecule has 0 spiro atoms. The minimum absolute atomic E-state index is 0.0483. The molecule has 1 aromatic carbocycles. The van der Waals surface area contributed by atoms with Crippen LogP contribution in [0.5, 0.6) is 0 Å². The maximum atomic E-state index is 12.1. The van der Waals surface area contributed by atoms with Crippen LogP contribution in [-0.4, -0.2) is 54.2 Å². The normalized spacial score (nSPS) is 20.5. The Balaban J connectivity index is 1.30. The second-order valence-corrected chi connectivity index (χ2v) is 8.15. The van der Waals surface area contributed by atoms with Gasteiger partial charge in [0.1, 0.15) is 5.58 Å². The van der Waals surface area contributed by atoms with Crippen LogP contribution in [0.25, 0.3) is 11.0 Å². The van der Waals surface area contributed by atoms with Gasteiger partial charge in [-0.05, 0) is 70.2 Å². The Morgan fingerprint density at radius 2 is 1.81 bits per heavy atom. The Kier molecular flexibility index (Phi) is 5.39. The van der Waals surface area contributed by atoms with E-state index in [9.17, 15) is 4.79 Å². The maximum Gasteiger partial charge on any atom is 0.410 e. The van der Waals surface area contributed by atoms with E-state index in [4.69, 9.17) is 9.15 Å². The molecule has 5 nitrogen and oxygen atoms in total. The number of furan rings is 1. The quantitative estimate of drug-likeness (QED) is 0.791. The van der Waals surface area contributed by atoms with Crippen LogP contribution >= 0.6 is 0 Å². The van der Waals surface area contributed by atoms with Crippen LogP contribution in [0.4, 0.5) is 4.79 Å². The molecule has 0 unspecified atom stereocenters. The first-order chi connectivity index (χ1) is 13.1. The standard InChI is InChI=1S/C22H30N2O3/c1-16(2)27-22(25)24-13-8-19(9-14-24)23-11-6-17(7-12-23)20-5-3-4-18-10-15-26-21(18)20/h3-5,10,15-17,19H,6-9,11-14H2,1-2H3. The van der Waals surface area contributed by atoms with Gasteiger partial charge in [-0.1, -0.05) is 18.2 Å². The van der Waals surface area contributed by atoms with E-state index in [1.165, 1.54) is 23.8 Å². The summed E-state index contributed by atoms with van der Waals surface area (Å²) in [5, 5.41) is 1.20. The molecule has 0 radical (unpaired) electrons. The molecule has 2 aliphatic heterocycles. The monoisotopic (exact) mass is 370 g/mol. The summed E-state index contributed by atoms with van der Waals surface area (Å²) in [7, 11) is 0. The molecular weight excluding hydrogens is 340 g/mol. The van der Waals surface area contributed by atoms with Gasteiger partial charge in [0.2, 0.25) is 0 Å². The third-order valence-electron chi connectivity index (χ3n) is 6.05. The van der Waals surface area contributed by atoms with Gasteiger partial charge in [0.05, 0.1) is 12.4 Å². The topological polar surface area (TPSA) is 45.9 Å². The van der Waals surface area contributed by atoms with Gasteiger partial charge in [-0.3, -0.25) is 0 Å². The molecule has 0 aliphatic carbocycles. The summed E-state index contributed by atoms with van der Waals surface area (Å²) >= 11 is 0. The highest BCUT2D eigenvalue weighted by molar-refractivity contribution is 5.80. The Morgan fingerprint density at radius 1 is 1.07 bits per heavy atom. The van der Waals surface area contributed by atoms with Crippen molar-refractivity contribution in [1.82, 2.24) is 9.80 Å². The number of benzene rings is 1. The maximum absolute atomic E-state index is 12.1. The predicted molar refractivity (Wildman–Crippen MR) is 106 cm³/mol. The van der Waals surface area contributed by atoms with Crippen LogP contribution < -0.4 is 0 Å². The molecule has 0 bridgehead atoms. The first-order valence-corrected chi connectivity index (χ1v) is 10.3. The number of carbonyl (C=O) groups excluding carboxylic acids is 1. The van der Waals surface area contributed by atoms with Gasteiger partial charge >= 0.3 is 6.09 Å². The smallest absolute Gasteiger partial charge is 0.410 e. The third-order valence-corrected chi connectivity index (χ3v) is 6.05. The lowest BCUT2D eigenvalue weighted by atomic mass is 9.87. The van der Waals surface area contributed by atoms with Crippen LogP contribution in [0, 0.1) is 0 Å². The Labute approximate surface area is 161 Å². The van der Waals surface area contributed by atoms with E-state index < -0.39 is 0 Å². The van der Waals surface area contributed by atoms with E-state index in [1.54, 1.807) is 6.26 Å². The number of para-hydroxylation sites is 1. The first-order valence-electron chi connectivity index (χ1n) is 10.3. The molecule has 1 amide bonds. The average Bonchev–Trinajstić information content (AvgIpc) is 3.17. The lowest BCUT2D eigenvalue weighted by Gasteiger charge is -2.41. The number of ether oxygens (including phenoxy) is 1. The predicted octanol–water partition coefficient (Wildman–Crippen LogP) is 4.62. The molecule has 1 aromatic heterocycles. The minimum Gasteiger partial charge on any atom is -0.464 e. The number of piperidine rings is 2. The molecular formula is C22H30N2O3. The Bertz CT molecular complexity index is 769. The van der Waals surface area contributed by atoms with Crippen molar-refractivity contribution in [3.8, 4) is 0 Å². The summed E-state index contributed by atoms with van der Waals surface area (Å²) in [5.74, 6) is 0.581. The molecule has 0 saturated carbocycles. The SMILES string of the molecule is CC(C)OC(=O)N1CCC(N2CCC(c3cccc4ccoc34)CC2)CC1. The number of nitrogens with zero attached hydrogens (tertiary/aromatic N) is 2. The fourth-order valence-corrected chi connectivity index (χ4v) is 4.60. The van der Waals surface area contributed by atoms with Crippen LogP contribution in [0.2, 0.25) is 0 Å². The summed E-state index contributed by atoms with van der Waals surface area (Å²) in [5.41, 5.74) is 2.43. The van der Waals surface area contributed by atoms with Crippen LogP contribution in [-0.2, 0) is 4.74 Å². The van der Waals surface area contributed by atoms with Gasteiger partial charge in [-0.25, -0.2) is 4.79 Å². The number of likely N-dealkylation sites (tertiary alicyclic amines) is 2. The second kappa shape index (κ2) is 7.93. The third kappa shape index (κ3) is 3.98. The van der Waals surface area contributed by atoms with Crippen molar-refractivity contribution in [1.29, 1.82) is 0 Å². The zero-order valence-electron chi connectivity index (χ0n) is 16.4. The van der Waals surface area contributed by atoms with Crippen molar-refractivity contribution in [2.75, 3.05) is 26.2 Å². The van der Waals surface area contributed by atoms with Crippen molar-refractivity contribution in [3.63, 3.8) is 0 Å². The first kappa shape index (κ1) is 18.4. The molecule has 2 aromatic rings. The van der Waals surface area contributed by atoms with Crippen molar-refractivity contribution < 1.29 is 13.9 Å². The largest absolute Gasteiger partial charge is 0.464 e. The van der Waals surface area contributed by atoms with Gasteiger partial charge in [-0.15, -0.1) is 0 Å². The van der Waals surface area contributed by atoms with Crippen LogP contribution in [0.15, 0.2) is 34.9 Å². The average molecular weight is 370 g/mol. The molecule has 5 heteroatoms. The highest BCUT2D eigenvalue weighted by Gasteiger charge is 2.31. The van der Waals surface area contributed by atoms with Gasteiger partial charge < -0.3 is 19.0 Å². The molecule has 0 atom stereocenters. The van der Waals surface area contributed by atoms with Gasteiger partial charge in [-0.2, -0.15) is 0 Å². The van der Waals surface area contributed by atoms with E-state index in [-0.39, 0.29) is 12.2 Å². The summed E-state index contributed by atoms with van der Waals surface area (Å²) in [6.45, 7) is 7.67. The van der Waals surface area contributed by atoms with Crippen molar-refractivity contribution in [2.24, 2.45) is 0 Å². The number of hydrogen-bond donors (Lipinski definition) is 0. The lowest BCUT2D eigenvalue weighted by Crippen LogP contribution is -2.49. The van der Waals surface area contributed by atoms with Crippen molar-refractivity contribution in [3.05, 3.63) is 36.1 Å². The number of carbonyl (C=O) groups is 1. The molecule has 3 heterocycles. The minimum atomic E-state index is -0.159. The molecule has 27 heavy (non-hydrogen) atoms. The van der Waals surface area contributed by atoms with Gasteiger partial charge in [0.15, 0.2) is 0 Å². The summed E-state index contributed by atoms with van der Waals surface area (Å²) in [6, 6.07) is 9.13. The highest BCUT2D eigenvalue weighted by atomic mass is 16.6. The number of amides is 1. The summed E-state index contributed by atoms with van der Waals surface area (Å²) in [4.78, 5) is 16.5. The van der Waals surface area contributed by atoms with Crippen LogP contribution in [0.3, 0.4) is 0 Å². The number of hydrogen-bond acceptors (Lipinski definition) is 4. The van der Waals surface area contributed by atoms with Crippen LogP contribution in [0.1, 0.15) is 51.0 Å².